The number of hydrazone groups is 1. The normalized spacial score (nSPS) is 19.9. The molecule has 1 fully saturated rings. The number of nitrogens with one attached hydrogen (secondary N) is 1. The third-order valence-corrected chi connectivity index (χ3v) is 4.48. The molecule has 0 amide bonds. The van der Waals surface area contributed by atoms with Crippen molar-refractivity contribution in [2.75, 3.05) is 18.5 Å². The van der Waals surface area contributed by atoms with Crippen LogP contribution in [0.2, 0.25) is 0 Å². The van der Waals surface area contributed by atoms with Gasteiger partial charge in [0.25, 0.3) is 0 Å². The second-order valence-electron chi connectivity index (χ2n) is 5.25. The summed E-state index contributed by atoms with van der Waals surface area (Å²) in [5.74, 6) is 0.858. The summed E-state index contributed by atoms with van der Waals surface area (Å²) in [6, 6.07) is 6.06. The number of amidine groups is 2. The zero-order valence-corrected chi connectivity index (χ0v) is 13.1. The lowest BCUT2D eigenvalue weighted by Gasteiger charge is -2.16. The molecule has 9 nitrogen and oxygen atoms in total. The smallest absolute Gasteiger partial charge is 0.238 e. The van der Waals surface area contributed by atoms with Gasteiger partial charge in [-0.1, -0.05) is 6.07 Å². The van der Waals surface area contributed by atoms with Crippen molar-refractivity contribution in [1.82, 2.24) is 4.90 Å². The first-order valence-corrected chi connectivity index (χ1v) is 8.63. The van der Waals surface area contributed by atoms with Crippen LogP contribution in [-0.4, -0.2) is 43.8 Å². The summed E-state index contributed by atoms with van der Waals surface area (Å²) in [5, 5.41) is 17.3. The Morgan fingerprint density at radius 1 is 1.22 bits per heavy atom. The Morgan fingerprint density at radius 2 is 1.96 bits per heavy atom. The zero-order chi connectivity index (χ0) is 16.4. The molecule has 2 aliphatic rings. The number of likely N-dealkylation sites (tertiary alicyclic amines) is 1. The van der Waals surface area contributed by atoms with Crippen LogP contribution < -0.4 is 16.3 Å². The third-order valence-electron chi connectivity index (χ3n) is 3.57. The van der Waals surface area contributed by atoms with Crippen LogP contribution in [0.25, 0.3) is 0 Å². The molecule has 3 rings (SSSR count). The van der Waals surface area contributed by atoms with Gasteiger partial charge >= 0.3 is 0 Å². The molecule has 0 atom stereocenters. The highest BCUT2D eigenvalue weighted by Crippen LogP contribution is 2.16. The average molecular weight is 335 g/mol. The van der Waals surface area contributed by atoms with Crippen LogP contribution in [0.1, 0.15) is 12.8 Å². The Bertz CT molecular complexity index is 807. The fraction of sp³-hybridized carbons (Fsp3) is 0.308. The number of nitrogens with two attached hydrogens (primary N) is 2. The second kappa shape index (κ2) is 5.97. The number of benzene rings is 1. The number of hydrogen-bond donors (Lipinski definition) is 3. The number of anilines is 1. The predicted molar refractivity (Wildman–Crippen MR) is 88.7 cm³/mol. The highest BCUT2D eigenvalue weighted by atomic mass is 32.2. The molecule has 2 aliphatic heterocycles. The van der Waals surface area contributed by atoms with E-state index < -0.39 is 10.0 Å². The summed E-state index contributed by atoms with van der Waals surface area (Å²) in [6.45, 7) is 1.78. The van der Waals surface area contributed by atoms with Gasteiger partial charge in [-0.15, -0.1) is 10.2 Å². The van der Waals surface area contributed by atoms with E-state index in [0.29, 0.717) is 17.2 Å². The fourth-order valence-electron chi connectivity index (χ4n) is 2.42. The lowest BCUT2D eigenvalue weighted by Crippen LogP contribution is -2.38. The molecule has 1 aromatic rings. The zero-order valence-electron chi connectivity index (χ0n) is 12.3. The van der Waals surface area contributed by atoms with E-state index in [1.807, 2.05) is 0 Å². The maximum absolute atomic E-state index is 11.4. The lowest BCUT2D eigenvalue weighted by atomic mass is 10.3. The van der Waals surface area contributed by atoms with E-state index in [0.717, 1.165) is 25.9 Å². The SMILES string of the molecule is NC1=NN=C(N2CCCC2)/C1=N\Nc1cccc(S(N)(=O)=O)c1. The van der Waals surface area contributed by atoms with Crippen LogP contribution in [0.15, 0.2) is 44.5 Å². The van der Waals surface area contributed by atoms with E-state index in [9.17, 15) is 8.42 Å². The summed E-state index contributed by atoms with van der Waals surface area (Å²) in [7, 11) is -3.77. The van der Waals surface area contributed by atoms with Crippen molar-refractivity contribution in [3.05, 3.63) is 24.3 Å². The molecule has 122 valence electrons. The monoisotopic (exact) mass is 335 g/mol. The third kappa shape index (κ3) is 3.32. The minimum atomic E-state index is -3.77. The molecular formula is C13H17N7O2S. The first-order chi connectivity index (χ1) is 10.9. The van der Waals surface area contributed by atoms with E-state index in [1.165, 1.54) is 12.1 Å². The van der Waals surface area contributed by atoms with Crippen molar-refractivity contribution in [1.29, 1.82) is 0 Å². The molecule has 5 N–H and O–H groups in total. The number of rotatable bonds is 3. The minimum Gasteiger partial charge on any atom is -0.380 e. The fourth-order valence-corrected chi connectivity index (χ4v) is 2.98. The Kier molecular flexibility index (Phi) is 4.01. The van der Waals surface area contributed by atoms with E-state index in [2.05, 4.69) is 25.6 Å². The maximum Gasteiger partial charge on any atom is 0.238 e. The molecule has 0 spiro atoms. The summed E-state index contributed by atoms with van der Waals surface area (Å²) in [5.41, 5.74) is 9.53. The minimum absolute atomic E-state index is 0.00388. The van der Waals surface area contributed by atoms with Crippen LogP contribution in [-0.2, 0) is 10.0 Å². The first kappa shape index (κ1) is 15.4. The Hall–Kier alpha value is -2.46. The van der Waals surface area contributed by atoms with Crippen molar-refractivity contribution in [2.45, 2.75) is 17.7 Å². The lowest BCUT2D eigenvalue weighted by molar-refractivity contribution is 0.525. The average Bonchev–Trinajstić information content (AvgIpc) is 3.14. The Balaban J connectivity index is 1.81. The second-order valence-corrected chi connectivity index (χ2v) is 6.81. The van der Waals surface area contributed by atoms with Gasteiger partial charge in [0.15, 0.2) is 17.4 Å². The van der Waals surface area contributed by atoms with Gasteiger partial charge in [-0.2, -0.15) is 5.10 Å². The molecule has 0 unspecified atom stereocenters. The van der Waals surface area contributed by atoms with Crippen molar-refractivity contribution < 1.29 is 8.42 Å². The molecule has 0 aliphatic carbocycles. The predicted octanol–water partition coefficient (Wildman–Crippen LogP) is -0.118. The van der Waals surface area contributed by atoms with Crippen LogP contribution in [0.4, 0.5) is 5.69 Å². The van der Waals surface area contributed by atoms with Gasteiger partial charge in [-0.25, -0.2) is 13.6 Å². The van der Waals surface area contributed by atoms with Crippen LogP contribution in [0, 0.1) is 0 Å². The van der Waals surface area contributed by atoms with Gasteiger partial charge in [0.2, 0.25) is 10.0 Å². The van der Waals surface area contributed by atoms with E-state index in [-0.39, 0.29) is 10.7 Å². The summed E-state index contributed by atoms with van der Waals surface area (Å²) in [4.78, 5) is 2.08. The van der Waals surface area contributed by atoms with Gasteiger partial charge in [0.05, 0.1) is 10.6 Å². The number of hydrogen-bond acceptors (Lipinski definition) is 8. The van der Waals surface area contributed by atoms with Gasteiger partial charge in [-0.05, 0) is 31.0 Å². The van der Waals surface area contributed by atoms with E-state index in [4.69, 9.17) is 10.9 Å². The molecule has 23 heavy (non-hydrogen) atoms. The molecule has 2 heterocycles. The highest BCUT2D eigenvalue weighted by Gasteiger charge is 2.27. The van der Waals surface area contributed by atoms with Crippen LogP contribution in [0.3, 0.4) is 0 Å². The van der Waals surface area contributed by atoms with Gasteiger partial charge in [0.1, 0.15) is 0 Å². The first-order valence-electron chi connectivity index (χ1n) is 7.08. The van der Waals surface area contributed by atoms with E-state index >= 15 is 0 Å². The van der Waals surface area contributed by atoms with Crippen molar-refractivity contribution in [2.24, 2.45) is 26.2 Å². The molecule has 1 aromatic carbocycles. The van der Waals surface area contributed by atoms with Crippen LogP contribution in [0.5, 0.6) is 0 Å². The van der Waals surface area contributed by atoms with E-state index in [1.54, 1.807) is 12.1 Å². The molecular weight excluding hydrogens is 318 g/mol. The van der Waals surface area contributed by atoms with Crippen molar-refractivity contribution >= 4 is 33.1 Å². The van der Waals surface area contributed by atoms with Crippen molar-refractivity contribution in [3.8, 4) is 0 Å². The van der Waals surface area contributed by atoms with Gasteiger partial charge in [-0.3, -0.25) is 5.43 Å². The molecule has 0 aromatic heterocycles. The van der Waals surface area contributed by atoms with Gasteiger partial charge in [0, 0.05) is 13.1 Å². The standard InChI is InChI=1S/C13H17N7O2S/c14-12-11(13(19-18-12)20-6-1-2-7-20)17-16-9-4-3-5-10(8-9)23(15,21)22/h3-5,8,16H,1-2,6-7H2,(H2,14,17,18)(H2,15,21,22). The Morgan fingerprint density at radius 3 is 2.65 bits per heavy atom. The van der Waals surface area contributed by atoms with Crippen LogP contribution >= 0.6 is 0 Å². The quantitative estimate of drug-likeness (QED) is 0.661. The number of primary sulfonamides is 1. The topological polar surface area (TPSA) is 139 Å². The molecule has 0 saturated carbocycles. The number of nitrogens with zero attached hydrogens (tertiary/aromatic N) is 4. The summed E-state index contributed by atoms with van der Waals surface area (Å²) in [6.07, 6.45) is 2.19. The van der Waals surface area contributed by atoms with Crippen molar-refractivity contribution in [3.63, 3.8) is 0 Å². The maximum atomic E-state index is 11.4. The molecule has 0 bridgehead atoms. The highest BCUT2D eigenvalue weighted by molar-refractivity contribution is 7.89. The summed E-state index contributed by atoms with van der Waals surface area (Å²) < 4.78 is 22.7. The van der Waals surface area contributed by atoms with Gasteiger partial charge < -0.3 is 10.6 Å². The molecule has 10 heteroatoms. The summed E-state index contributed by atoms with van der Waals surface area (Å²) >= 11 is 0. The molecule has 1 saturated heterocycles. The Labute approximate surface area is 133 Å². The number of sulfonamides is 1. The largest absolute Gasteiger partial charge is 0.380 e. The molecule has 0 radical (unpaired) electrons.